The molecule has 1 saturated carbocycles. The predicted molar refractivity (Wildman–Crippen MR) is 65.2 cm³/mol. The summed E-state index contributed by atoms with van der Waals surface area (Å²) < 4.78 is 0.897. The van der Waals surface area contributed by atoms with Crippen LogP contribution in [-0.4, -0.2) is 21.9 Å². The summed E-state index contributed by atoms with van der Waals surface area (Å²) in [6.07, 6.45) is 7.11. The summed E-state index contributed by atoms with van der Waals surface area (Å²) >= 11 is 9.22. The Kier molecular flexibility index (Phi) is 3.81. The van der Waals surface area contributed by atoms with E-state index >= 15 is 0 Å². The van der Waals surface area contributed by atoms with Crippen LogP contribution in [0.3, 0.4) is 0 Å². The maximum atomic E-state index is 5.91. The van der Waals surface area contributed by atoms with Crippen molar-refractivity contribution in [3.05, 3.63) is 16.9 Å². The molecule has 1 fully saturated rings. The standard InChI is InChI=1S/C10H13BrClN3/c11-8-5-13-10(14-6-8)15-9-3-1-2-7(9)4-12/h5-7,9H,1-4H2,(H,13,14,15). The summed E-state index contributed by atoms with van der Waals surface area (Å²) in [6, 6.07) is 0.434. The predicted octanol–water partition coefficient (Wildman–Crippen LogP) is 3.06. The molecule has 0 spiro atoms. The summed E-state index contributed by atoms with van der Waals surface area (Å²) in [4.78, 5) is 8.40. The fourth-order valence-corrected chi connectivity index (χ4v) is 2.54. The van der Waals surface area contributed by atoms with Crippen LogP contribution >= 0.6 is 27.5 Å². The Bertz CT molecular complexity index is 317. The van der Waals surface area contributed by atoms with E-state index in [1.54, 1.807) is 12.4 Å². The number of alkyl halides is 1. The Morgan fingerprint density at radius 1 is 1.40 bits per heavy atom. The van der Waals surface area contributed by atoms with E-state index in [2.05, 4.69) is 31.2 Å². The van der Waals surface area contributed by atoms with E-state index in [1.165, 1.54) is 12.8 Å². The molecule has 1 N–H and O–H groups in total. The molecule has 0 aliphatic heterocycles. The van der Waals surface area contributed by atoms with Gasteiger partial charge in [-0.1, -0.05) is 6.42 Å². The van der Waals surface area contributed by atoms with E-state index < -0.39 is 0 Å². The van der Waals surface area contributed by atoms with Crippen LogP contribution in [0.4, 0.5) is 5.95 Å². The molecule has 0 radical (unpaired) electrons. The van der Waals surface area contributed by atoms with Crippen molar-refractivity contribution >= 4 is 33.5 Å². The Morgan fingerprint density at radius 3 is 2.80 bits per heavy atom. The molecule has 2 atom stereocenters. The van der Waals surface area contributed by atoms with Crippen LogP contribution in [0.5, 0.6) is 0 Å². The van der Waals surface area contributed by atoms with Crippen LogP contribution in [0.15, 0.2) is 16.9 Å². The van der Waals surface area contributed by atoms with Crippen LogP contribution in [0, 0.1) is 5.92 Å². The summed E-state index contributed by atoms with van der Waals surface area (Å²) in [5.41, 5.74) is 0. The largest absolute Gasteiger partial charge is 0.351 e. The zero-order valence-electron chi connectivity index (χ0n) is 8.29. The van der Waals surface area contributed by atoms with Gasteiger partial charge in [-0.25, -0.2) is 9.97 Å². The first-order chi connectivity index (χ1) is 7.29. The molecule has 82 valence electrons. The first-order valence-electron chi connectivity index (χ1n) is 5.09. The third-order valence-corrected chi connectivity index (χ3v) is 3.60. The number of nitrogens with zero attached hydrogens (tertiary/aromatic N) is 2. The third-order valence-electron chi connectivity index (χ3n) is 2.79. The molecular formula is C10H13BrClN3. The molecule has 0 saturated heterocycles. The van der Waals surface area contributed by atoms with Crippen LogP contribution in [-0.2, 0) is 0 Å². The van der Waals surface area contributed by atoms with Gasteiger partial charge < -0.3 is 5.32 Å². The molecular weight excluding hydrogens is 277 g/mol. The maximum Gasteiger partial charge on any atom is 0.222 e. The Hall–Kier alpha value is -0.350. The highest BCUT2D eigenvalue weighted by Gasteiger charge is 2.26. The fraction of sp³-hybridized carbons (Fsp3) is 0.600. The van der Waals surface area contributed by atoms with E-state index in [0.29, 0.717) is 23.8 Å². The van der Waals surface area contributed by atoms with Crippen molar-refractivity contribution in [3.8, 4) is 0 Å². The van der Waals surface area contributed by atoms with E-state index in [9.17, 15) is 0 Å². The first-order valence-corrected chi connectivity index (χ1v) is 6.42. The lowest BCUT2D eigenvalue weighted by molar-refractivity contribution is 0.559. The van der Waals surface area contributed by atoms with Gasteiger partial charge in [0.05, 0.1) is 4.47 Å². The highest BCUT2D eigenvalue weighted by molar-refractivity contribution is 9.10. The maximum absolute atomic E-state index is 5.91. The number of anilines is 1. The molecule has 1 aromatic heterocycles. The minimum Gasteiger partial charge on any atom is -0.351 e. The SMILES string of the molecule is ClCC1CCCC1Nc1ncc(Br)cn1. The third kappa shape index (κ3) is 2.82. The number of hydrogen-bond acceptors (Lipinski definition) is 3. The molecule has 0 bridgehead atoms. The number of halogens is 2. The number of hydrogen-bond donors (Lipinski definition) is 1. The zero-order chi connectivity index (χ0) is 10.7. The van der Waals surface area contributed by atoms with Gasteiger partial charge in [-0.05, 0) is 34.7 Å². The van der Waals surface area contributed by atoms with Gasteiger partial charge in [-0.15, -0.1) is 11.6 Å². The first kappa shape index (κ1) is 11.1. The lowest BCUT2D eigenvalue weighted by Crippen LogP contribution is -2.25. The van der Waals surface area contributed by atoms with Gasteiger partial charge in [0.15, 0.2) is 0 Å². The lowest BCUT2D eigenvalue weighted by atomic mass is 10.1. The van der Waals surface area contributed by atoms with Gasteiger partial charge in [-0.2, -0.15) is 0 Å². The van der Waals surface area contributed by atoms with Crippen molar-refractivity contribution in [2.45, 2.75) is 25.3 Å². The van der Waals surface area contributed by atoms with E-state index in [0.717, 1.165) is 10.9 Å². The van der Waals surface area contributed by atoms with Gasteiger partial charge in [0.2, 0.25) is 5.95 Å². The molecule has 0 aromatic carbocycles. The molecule has 1 aliphatic carbocycles. The Balaban J connectivity index is 1.99. The van der Waals surface area contributed by atoms with Gasteiger partial charge in [0.25, 0.3) is 0 Å². The summed E-state index contributed by atoms with van der Waals surface area (Å²) in [5, 5.41) is 3.34. The molecule has 1 aromatic rings. The minimum absolute atomic E-state index is 0.434. The second-order valence-electron chi connectivity index (χ2n) is 3.82. The topological polar surface area (TPSA) is 37.8 Å². The second kappa shape index (κ2) is 5.12. The molecule has 2 unspecified atom stereocenters. The average Bonchev–Trinajstić information content (AvgIpc) is 2.69. The van der Waals surface area contributed by atoms with Crippen molar-refractivity contribution in [2.75, 3.05) is 11.2 Å². The van der Waals surface area contributed by atoms with Crippen molar-refractivity contribution < 1.29 is 0 Å². The smallest absolute Gasteiger partial charge is 0.222 e. The quantitative estimate of drug-likeness (QED) is 0.870. The summed E-state index contributed by atoms with van der Waals surface area (Å²) in [5.74, 6) is 1.97. The zero-order valence-corrected chi connectivity index (χ0v) is 10.6. The number of nitrogens with one attached hydrogen (secondary N) is 1. The minimum atomic E-state index is 0.434. The highest BCUT2D eigenvalue weighted by Crippen LogP contribution is 2.28. The Labute approximate surface area is 103 Å². The molecule has 5 heteroatoms. The van der Waals surface area contributed by atoms with Crippen molar-refractivity contribution in [2.24, 2.45) is 5.92 Å². The molecule has 2 rings (SSSR count). The van der Waals surface area contributed by atoms with Gasteiger partial charge in [0.1, 0.15) is 0 Å². The van der Waals surface area contributed by atoms with Crippen molar-refractivity contribution in [1.29, 1.82) is 0 Å². The van der Waals surface area contributed by atoms with Crippen LogP contribution in [0.25, 0.3) is 0 Å². The lowest BCUT2D eigenvalue weighted by Gasteiger charge is -2.18. The second-order valence-corrected chi connectivity index (χ2v) is 5.05. The summed E-state index contributed by atoms with van der Waals surface area (Å²) in [6.45, 7) is 0. The highest BCUT2D eigenvalue weighted by atomic mass is 79.9. The Morgan fingerprint density at radius 2 is 2.13 bits per heavy atom. The van der Waals surface area contributed by atoms with Crippen molar-refractivity contribution in [1.82, 2.24) is 9.97 Å². The van der Waals surface area contributed by atoms with Gasteiger partial charge >= 0.3 is 0 Å². The van der Waals surface area contributed by atoms with Crippen molar-refractivity contribution in [3.63, 3.8) is 0 Å². The normalized spacial score (nSPS) is 25.5. The van der Waals surface area contributed by atoms with Crippen LogP contribution in [0.2, 0.25) is 0 Å². The molecule has 15 heavy (non-hydrogen) atoms. The molecule has 1 aliphatic rings. The van der Waals surface area contributed by atoms with E-state index in [4.69, 9.17) is 11.6 Å². The fourth-order valence-electron chi connectivity index (χ4n) is 1.96. The van der Waals surface area contributed by atoms with E-state index in [1.807, 2.05) is 0 Å². The molecule has 0 amide bonds. The van der Waals surface area contributed by atoms with E-state index in [-0.39, 0.29) is 0 Å². The monoisotopic (exact) mass is 289 g/mol. The average molecular weight is 291 g/mol. The van der Waals surface area contributed by atoms with Crippen LogP contribution in [0.1, 0.15) is 19.3 Å². The molecule has 1 heterocycles. The number of aromatic nitrogens is 2. The van der Waals surface area contributed by atoms with Crippen LogP contribution < -0.4 is 5.32 Å². The molecule has 3 nitrogen and oxygen atoms in total. The van der Waals surface area contributed by atoms with Gasteiger partial charge in [-0.3, -0.25) is 0 Å². The summed E-state index contributed by atoms with van der Waals surface area (Å²) in [7, 11) is 0. The number of rotatable bonds is 3. The van der Waals surface area contributed by atoms with Gasteiger partial charge in [0, 0.05) is 24.3 Å².